The van der Waals surface area contributed by atoms with Gasteiger partial charge in [0, 0.05) is 0 Å². The summed E-state index contributed by atoms with van der Waals surface area (Å²) >= 11 is 0. The molecule has 2 aromatic rings. The van der Waals surface area contributed by atoms with Crippen molar-refractivity contribution in [3.05, 3.63) is 57.0 Å². The van der Waals surface area contributed by atoms with Crippen LogP contribution in [0.2, 0.25) is 0 Å². The Morgan fingerprint density at radius 1 is 0.789 bits per heavy atom. The maximum absolute atomic E-state index is 6.43. The Labute approximate surface area is 115 Å². The minimum atomic E-state index is -0.188. The highest BCUT2D eigenvalue weighted by atomic mass is 16.3. The van der Waals surface area contributed by atoms with Crippen LogP contribution in [0.1, 0.15) is 50.9 Å². The molecule has 1 unspecified atom stereocenters. The molecule has 1 aromatic carbocycles. The zero-order valence-corrected chi connectivity index (χ0v) is 12.7. The van der Waals surface area contributed by atoms with Gasteiger partial charge in [0.1, 0.15) is 11.5 Å². The van der Waals surface area contributed by atoms with E-state index < -0.39 is 0 Å². The van der Waals surface area contributed by atoms with Gasteiger partial charge in [0.25, 0.3) is 0 Å². The third kappa shape index (κ3) is 2.21. The van der Waals surface area contributed by atoms with E-state index in [0.29, 0.717) is 0 Å². The van der Waals surface area contributed by atoms with E-state index in [0.717, 1.165) is 11.5 Å². The molecule has 2 N–H and O–H groups in total. The van der Waals surface area contributed by atoms with Crippen LogP contribution in [-0.4, -0.2) is 0 Å². The molecule has 1 aromatic heterocycles. The Kier molecular flexibility index (Phi) is 3.55. The van der Waals surface area contributed by atoms with Crippen LogP contribution in [0.25, 0.3) is 0 Å². The molecule has 2 rings (SSSR count). The molecule has 0 aliphatic carbocycles. The van der Waals surface area contributed by atoms with E-state index in [9.17, 15) is 0 Å². The first-order chi connectivity index (χ1) is 8.84. The second-order valence-electron chi connectivity index (χ2n) is 5.46. The molecule has 0 aliphatic rings. The Bertz CT molecular complexity index is 593. The molecule has 102 valence electrons. The van der Waals surface area contributed by atoms with Crippen molar-refractivity contribution in [3.63, 3.8) is 0 Å². The van der Waals surface area contributed by atoms with E-state index in [1.165, 1.54) is 33.4 Å². The quantitative estimate of drug-likeness (QED) is 0.876. The molecule has 1 atom stereocenters. The Morgan fingerprint density at radius 3 is 1.68 bits per heavy atom. The first-order valence-corrected chi connectivity index (χ1v) is 6.73. The van der Waals surface area contributed by atoms with Crippen LogP contribution in [0.15, 0.2) is 16.5 Å². The summed E-state index contributed by atoms with van der Waals surface area (Å²) in [7, 11) is 0. The summed E-state index contributed by atoms with van der Waals surface area (Å²) in [5, 5.41) is 0. The van der Waals surface area contributed by atoms with Gasteiger partial charge < -0.3 is 10.2 Å². The maximum atomic E-state index is 6.43. The lowest BCUT2D eigenvalue weighted by Crippen LogP contribution is -2.16. The number of hydrogen-bond donors (Lipinski definition) is 1. The first kappa shape index (κ1) is 13.9. The molecular formula is C17H23NO. The summed E-state index contributed by atoms with van der Waals surface area (Å²) in [6, 6.07) is 3.75. The highest BCUT2D eigenvalue weighted by Crippen LogP contribution is 2.32. The number of furan rings is 1. The summed E-state index contributed by atoms with van der Waals surface area (Å²) < 4.78 is 5.69. The fourth-order valence-corrected chi connectivity index (χ4v) is 2.76. The molecule has 1 heterocycles. The van der Waals surface area contributed by atoms with Gasteiger partial charge in [0.05, 0.1) is 6.04 Å². The minimum absolute atomic E-state index is 0.188. The second kappa shape index (κ2) is 4.86. The van der Waals surface area contributed by atoms with Gasteiger partial charge in [-0.15, -0.1) is 0 Å². The summed E-state index contributed by atoms with van der Waals surface area (Å²) in [6.07, 6.45) is 0. The number of benzene rings is 1. The molecule has 0 saturated heterocycles. The molecule has 19 heavy (non-hydrogen) atoms. The lowest BCUT2D eigenvalue weighted by molar-refractivity contribution is 0.465. The highest BCUT2D eigenvalue weighted by molar-refractivity contribution is 5.52. The summed E-state index contributed by atoms with van der Waals surface area (Å²) in [4.78, 5) is 0. The van der Waals surface area contributed by atoms with Crippen LogP contribution in [0.5, 0.6) is 0 Å². The second-order valence-corrected chi connectivity index (χ2v) is 5.46. The van der Waals surface area contributed by atoms with Crippen LogP contribution in [0.3, 0.4) is 0 Å². The molecule has 0 bridgehead atoms. The number of rotatable bonds is 2. The summed E-state index contributed by atoms with van der Waals surface area (Å²) in [6.45, 7) is 12.8. The van der Waals surface area contributed by atoms with Crippen molar-refractivity contribution < 1.29 is 4.42 Å². The fourth-order valence-electron chi connectivity index (χ4n) is 2.76. The molecule has 0 fully saturated rings. The van der Waals surface area contributed by atoms with Crippen molar-refractivity contribution in [1.29, 1.82) is 0 Å². The molecule has 2 heteroatoms. The van der Waals surface area contributed by atoms with Crippen LogP contribution in [-0.2, 0) is 0 Å². The van der Waals surface area contributed by atoms with E-state index in [4.69, 9.17) is 10.2 Å². The molecule has 0 radical (unpaired) electrons. The third-order valence-electron chi connectivity index (χ3n) is 4.44. The average Bonchev–Trinajstić information content (AvgIpc) is 2.81. The number of nitrogens with two attached hydrogens (primary N) is 1. The molecular weight excluding hydrogens is 234 g/mol. The van der Waals surface area contributed by atoms with Gasteiger partial charge in [-0.05, 0) is 87.1 Å². The van der Waals surface area contributed by atoms with Gasteiger partial charge in [0.2, 0.25) is 0 Å². The van der Waals surface area contributed by atoms with E-state index in [-0.39, 0.29) is 6.04 Å². The van der Waals surface area contributed by atoms with Crippen molar-refractivity contribution in [2.24, 2.45) is 5.73 Å². The van der Waals surface area contributed by atoms with Crippen molar-refractivity contribution in [2.75, 3.05) is 0 Å². The third-order valence-corrected chi connectivity index (χ3v) is 4.44. The van der Waals surface area contributed by atoms with E-state index in [2.05, 4.69) is 34.6 Å². The zero-order chi connectivity index (χ0) is 14.3. The number of hydrogen-bond acceptors (Lipinski definition) is 2. The molecule has 2 nitrogen and oxygen atoms in total. The monoisotopic (exact) mass is 257 g/mol. The lowest BCUT2D eigenvalue weighted by atomic mass is 9.86. The van der Waals surface area contributed by atoms with Crippen molar-refractivity contribution in [2.45, 2.75) is 47.6 Å². The topological polar surface area (TPSA) is 39.2 Å². The van der Waals surface area contributed by atoms with Gasteiger partial charge in [-0.1, -0.05) is 0 Å². The molecule has 0 aliphatic heterocycles. The van der Waals surface area contributed by atoms with Crippen LogP contribution in [0, 0.1) is 41.5 Å². The van der Waals surface area contributed by atoms with Crippen LogP contribution < -0.4 is 5.73 Å². The summed E-state index contributed by atoms with van der Waals surface area (Å²) in [5.74, 6) is 1.74. The van der Waals surface area contributed by atoms with Crippen molar-refractivity contribution in [3.8, 4) is 0 Å². The standard InChI is InChI=1S/C17H23NO/c1-9-7-8-15(19-9)17(18)16-13(5)11(3)10(2)12(4)14(16)6/h7-8,17H,18H2,1-6H3. The molecule has 0 saturated carbocycles. The largest absolute Gasteiger partial charge is 0.464 e. The van der Waals surface area contributed by atoms with Gasteiger partial charge >= 0.3 is 0 Å². The van der Waals surface area contributed by atoms with Crippen molar-refractivity contribution >= 4 is 0 Å². The molecule has 0 spiro atoms. The van der Waals surface area contributed by atoms with Crippen molar-refractivity contribution in [1.82, 2.24) is 0 Å². The predicted octanol–water partition coefficient (Wildman–Crippen LogP) is 4.18. The Balaban J connectivity index is 2.63. The first-order valence-electron chi connectivity index (χ1n) is 6.73. The van der Waals surface area contributed by atoms with E-state index in [1.807, 2.05) is 19.1 Å². The van der Waals surface area contributed by atoms with E-state index >= 15 is 0 Å². The highest BCUT2D eigenvalue weighted by Gasteiger charge is 2.20. The smallest absolute Gasteiger partial charge is 0.125 e. The van der Waals surface area contributed by atoms with Crippen LogP contribution in [0.4, 0.5) is 0 Å². The number of aryl methyl sites for hydroxylation is 1. The summed E-state index contributed by atoms with van der Waals surface area (Å²) in [5.41, 5.74) is 14.2. The Morgan fingerprint density at radius 2 is 1.26 bits per heavy atom. The predicted molar refractivity (Wildman–Crippen MR) is 79.6 cm³/mol. The average molecular weight is 257 g/mol. The minimum Gasteiger partial charge on any atom is -0.464 e. The van der Waals surface area contributed by atoms with Gasteiger partial charge in [-0.3, -0.25) is 0 Å². The van der Waals surface area contributed by atoms with E-state index in [1.54, 1.807) is 0 Å². The normalized spacial score (nSPS) is 12.8. The maximum Gasteiger partial charge on any atom is 0.125 e. The SMILES string of the molecule is Cc1ccc(C(N)c2c(C)c(C)c(C)c(C)c2C)o1. The van der Waals surface area contributed by atoms with Gasteiger partial charge in [0.15, 0.2) is 0 Å². The zero-order valence-electron chi connectivity index (χ0n) is 12.7. The van der Waals surface area contributed by atoms with Gasteiger partial charge in [-0.2, -0.15) is 0 Å². The Hall–Kier alpha value is -1.54. The fraction of sp³-hybridized carbons (Fsp3) is 0.412. The van der Waals surface area contributed by atoms with Gasteiger partial charge in [-0.25, -0.2) is 0 Å². The lowest BCUT2D eigenvalue weighted by Gasteiger charge is -2.22. The molecule has 0 amide bonds. The van der Waals surface area contributed by atoms with Crippen LogP contribution >= 0.6 is 0 Å².